The maximum Gasteiger partial charge on any atom is 0.397 e. The van der Waals surface area contributed by atoms with Gasteiger partial charge in [0.15, 0.2) is 36.5 Å². The molecular weight excluding hydrogens is 1010 g/mol. The third-order valence-electron chi connectivity index (χ3n) is 8.21. The molecule has 0 amide bonds. The van der Waals surface area contributed by atoms with E-state index in [0.29, 0.717) is 0 Å². The second kappa shape index (κ2) is 19.8. The molecule has 5 rings (SSSR count). The van der Waals surface area contributed by atoms with E-state index >= 15 is 0 Å². The van der Waals surface area contributed by atoms with Crippen LogP contribution in [-0.4, -0.2) is 99.4 Å². The van der Waals surface area contributed by atoms with E-state index in [0.717, 1.165) is 60.7 Å². The summed E-state index contributed by atoms with van der Waals surface area (Å²) in [5.41, 5.74) is 3.44. The monoisotopic (exact) mass is 1030 g/mol. The molecule has 346 valence electrons. The summed E-state index contributed by atoms with van der Waals surface area (Å²) in [7, 11) is -23.7. The number of rotatable bonds is 20. The van der Waals surface area contributed by atoms with E-state index in [4.69, 9.17) is 20.8 Å². The van der Waals surface area contributed by atoms with Gasteiger partial charge in [0.1, 0.15) is 26.9 Å². The minimum atomic E-state index is -5.22. The first-order chi connectivity index (χ1) is 29.8. The van der Waals surface area contributed by atoms with Crippen molar-refractivity contribution in [2.75, 3.05) is 29.6 Å². The summed E-state index contributed by atoms with van der Waals surface area (Å²) in [6, 6.07) is 11.1. The van der Waals surface area contributed by atoms with Gasteiger partial charge in [0.05, 0.1) is 67.4 Å². The Bertz CT molecular complexity index is 3300. The molecule has 5 aromatic rings. The predicted molar refractivity (Wildman–Crippen MR) is 218 cm³/mol. The van der Waals surface area contributed by atoms with Crippen LogP contribution in [0.4, 0.5) is 28.4 Å². The first-order valence-electron chi connectivity index (χ1n) is 16.4. The number of sulfone groups is 2. The summed E-state index contributed by atoms with van der Waals surface area (Å²) < 4.78 is 176. The quantitative estimate of drug-likeness (QED) is 0.0141. The van der Waals surface area contributed by atoms with Gasteiger partial charge in [0.2, 0.25) is 0 Å². The van der Waals surface area contributed by atoms with Crippen LogP contribution in [-0.2, 0) is 84.3 Å². The van der Waals surface area contributed by atoms with Gasteiger partial charge in [-0.3, -0.25) is 13.7 Å². The molecule has 34 heteroatoms. The van der Waals surface area contributed by atoms with Crippen LogP contribution < -0.4 is 5.73 Å². The molecular formula is C30H27N5O22S7. The minimum absolute atomic E-state index is 0.0732. The first kappa shape index (κ1) is 50.3. The fourth-order valence-electron chi connectivity index (χ4n) is 5.50. The van der Waals surface area contributed by atoms with Crippen LogP contribution in [0.3, 0.4) is 0 Å². The number of phenols is 1. The van der Waals surface area contributed by atoms with Crippen LogP contribution in [0.2, 0.25) is 0 Å². The normalized spacial score (nSPS) is 13.7. The Morgan fingerprint density at radius 3 is 1.94 bits per heavy atom. The summed E-state index contributed by atoms with van der Waals surface area (Å²) >= 11 is -2.22. The van der Waals surface area contributed by atoms with E-state index in [1.165, 1.54) is 6.07 Å². The Kier molecular flexibility index (Phi) is 15.5. The van der Waals surface area contributed by atoms with Gasteiger partial charge in [0.25, 0.3) is 20.2 Å². The summed E-state index contributed by atoms with van der Waals surface area (Å²) in [4.78, 5) is -2.97. The molecule has 0 saturated heterocycles. The maximum atomic E-state index is 12.9. The average molecular weight is 1030 g/mol. The highest BCUT2D eigenvalue weighted by molar-refractivity contribution is 7.94. The van der Waals surface area contributed by atoms with Crippen LogP contribution in [0.1, 0.15) is 0 Å². The van der Waals surface area contributed by atoms with Crippen molar-refractivity contribution in [2.45, 2.75) is 24.5 Å². The lowest BCUT2D eigenvalue weighted by Crippen LogP contribution is -2.15. The molecule has 27 nitrogen and oxygen atoms in total. The molecule has 1 atom stereocenters. The highest BCUT2D eigenvalue weighted by Gasteiger charge is 2.27. The van der Waals surface area contributed by atoms with E-state index in [1.54, 1.807) is 0 Å². The lowest BCUT2D eigenvalue weighted by molar-refractivity contribution is -0.434. The Morgan fingerprint density at radius 2 is 1.33 bits per heavy atom. The molecule has 64 heavy (non-hydrogen) atoms. The standard InChI is InChI=1S/C30H27N5O22S7/c31-26-25-17(15-24(62(44,45)46)28(26)35-32-18-2-4-19(5-3-18)60(40,41)11-9-53-64(50,51)52)14-23(58-56-54-37)27(29(25)36)34-33-22-8-1-16-13-20(6-7-21(16)30(22)63(47,48)49)61(42,43)12-10-59(39)57-55-38/h1-8,13-15,36-38H,9-12,31H2,(H,44,45,46)(H,47,48,49)(H,50,51,52). The Hall–Kier alpha value is -4.73. The number of benzene rings is 5. The zero-order valence-corrected chi connectivity index (χ0v) is 36.8. The topological polar surface area (TPSA) is 431 Å². The molecule has 0 spiro atoms. The number of azo groups is 2. The number of nitrogen functional groups attached to an aromatic ring is 1. The van der Waals surface area contributed by atoms with Gasteiger partial charge in [-0.25, -0.2) is 35.7 Å². The molecule has 0 saturated carbocycles. The molecule has 0 radical (unpaired) electrons. The second-order valence-electron chi connectivity index (χ2n) is 12.2. The molecule has 0 heterocycles. The van der Waals surface area contributed by atoms with Crippen molar-refractivity contribution in [1.82, 2.24) is 0 Å². The zero-order chi connectivity index (χ0) is 47.4. The Labute approximate surface area is 367 Å². The molecule has 8 N–H and O–H groups in total. The number of nitrogens with zero attached hydrogens (tertiary/aromatic N) is 4. The predicted octanol–water partition coefficient (Wildman–Crippen LogP) is 4.49. The highest BCUT2D eigenvalue weighted by atomic mass is 32.3. The van der Waals surface area contributed by atoms with Gasteiger partial charge in [-0.05, 0) is 65.4 Å². The number of nitrogens with two attached hydrogens (primary N) is 1. The van der Waals surface area contributed by atoms with E-state index in [-0.39, 0.29) is 48.6 Å². The van der Waals surface area contributed by atoms with Gasteiger partial charge in [-0.1, -0.05) is 22.2 Å². The van der Waals surface area contributed by atoms with Crippen molar-refractivity contribution < 1.29 is 98.5 Å². The van der Waals surface area contributed by atoms with Crippen LogP contribution in [0.5, 0.6) is 5.75 Å². The third-order valence-corrected chi connectivity index (χ3v) is 15.5. The number of aromatic hydroxyl groups is 1. The molecule has 0 aliphatic heterocycles. The molecule has 0 aliphatic rings. The first-order valence-corrected chi connectivity index (χ1v) is 26.0. The van der Waals surface area contributed by atoms with Gasteiger partial charge >= 0.3 is 10.4 Å². The van der Waals surface area contributed by atoms with Crippen molar-refractivity contribution in [2.24, 2.45) is 20.5 Å². The van der Waals surface area contributed by atoms with Crippen molar-refractivity contribution in [3.05, 3.63) is 66.7 Å². The van der Waals surface area contributed by atoms with Crippen molar-refractivity contribution >= 4 is 123 Å². The average Bonchev–Trinajstić information content (AvgIpc) is 3.19. The van der Waals surface area contributed by atoms with Crippen LogP contribution in [0, 0.1) is 0 Å². The lowest BCUT2D eigenvalue weighted by Gasteiger charge is -2.14. The van der Waals surface area contributed by atoms with Crippen LogP contribution >= 0.6 is 12.0 Å². The van der Waals surface area contributed by atoms with E-state index in [1.807, 2.05) is 0 Å². The summed E-state index contributed by atoms with van der Waals surface area (Å²) in [6.45, 7) is -0.914. The van der Waals surface area contributed by atoms with Crippen LogP contribution in [0.25, 0.3) is 21.5 Å². The number of hydrogen-bond acceptors (Lipinski definition) is 25. The second-order valence-corrected chi connectivity index (χ2v) is 22.2. The lowest BCUT2D eigenvalue weighted by atomic mass is 10.1. The number of fused-ring (bicyclic) bond motifs is 2. The van der Waals surface area contributed by atoms with Crippen molar-refractivity contribution in [3.8, 4) is 5.75 Å². The summed E-state index contributed by atoms with van der Waals surface area (Å²) in [6.07, 6.45) is 0. The Morgan fingerprint density at radius 1 is 0.688 bits per heavy atom. The van der Waals surface area contributed by atoms with Gasteiger partial charge < -0.3 is 10.8 Å². The fraction of sp³-hybridized carbons (Fsp3) is 0.133. The Balaban J connectivity index is 1.60. The fourth-order valence-corrected chi connectivity index (χ4v) is 11.4. The largest absolute Gasteiger partial charge is 0.505 e. The SMILES string of the molecule is Nc1c(N=Nc2ccc(S(=O)(=O)CCOS(=O)(=O)O)cc2)c(S(=O)(=O)O)cc2cc(SOOO)c(N=Nc3ccc4cc(S(=O)(=O)CCS(=O)OOO)ccc4c3S(=O)(=O)O)c(O)c12. The third kappa shape index (κ3) is 12.1. The molecule has 0 aromatic heterocycles. The van der Waals surface area contributed by atoms with Crippen LogP contribution in [0.15, 0.2) is 112 Å². The van der Waals surface area contributed by atoms with Gasteiger partial charge in [-0.2, -0.15) is 30.4 Å². The summed E-state index contributed by atoms with van der Waals surface area (Å²) in [5, 5.41) is 49.8. The molecule has 0 fully saturated rings. The van der Waals surface area contributed by atoms with Gasteiger partial charge in [-0.15, -0.1) is 24.0 Å². The number of hydrogen-bond donors (Lipinski definition) is 7. The minimum Gasteiger partial charge on any atom is -0.505 e. The number of phenolic OH excluding ortho intramolecular Hbond substituents is 1. The van der Waals surface area contributed by atoms with Crippen molar-refractivity contribution in [3.63, 3.8) is 0 Å². The van der Waals surface area contributed by atoms with Gasteiger partial charge in [0, 0.05) is 5.39 Å². The molecule has 5 aromatic carbocycles. The van der Waals surface area contributed by atoms with Crippen molar-refractivity contribution in [1.29, 1.82) is 0 Å². The highest BCUT2D eigenvalue weighted by Crippen LogP contribution is 2.50. The molecule has 0 bridgehead atoms. The summed E-state index contributed by atoms with van der Waals surface area (Å²) in [5.74, 6) is -3.22. The van der Waals surface area contributed by atoms with E-state index < -0.39 is 129 Å². The molecule has 1 unspecified atom stereocenters. The number of anilines is 1. The molecule has 0 aliphatic carbocycles. The van der Waals surface area contributed by atoms with E-state index in [9.17, 15) is 60.5 Å². The smallest absolute Gasteiger partial charge is 0.397 e. The zero-order valence-electron chi connectivity index (χ0n) is 31.1. The van der Waals surface area contributed by atoms with E-state index in [2.05, 4.69) is 43.4 Å². The maximum absolute atomic E-state index is 12.9.